The van der Waals surface area contributed by atoms with Crippen molar-refractivity contribution in [1.82, 2.24) is 0 Å². The van der Waals surface area contributed by atoms with E-state index in [1.807, 2.05) is 33.3 Å². The lowest BCUT2D eigenvalue weighted by atomic mass is 10.2. The van der Waals surface area contributed by atoms with Crippen molar-refractivity contribution in [3.8, 4) is 0 Å². The van der Waals surface area contributed by atoms with E-state index >= 15 is 0 Å². The molecule has 2 N–H and O–H groups in total. The second kappa shape index (κ2) is 23.8. The smallest absolute Gasteiger partial charge is 0.463 e. The summed E-state index contributed by atoms with van der Waals surface area (Å²) in [5.41, 5.74) is 0. The van der Waals surface area contributed by atoms with Crippen LogP contribution in [0.1, 0.15) is 58.3 Å². The van der Waals surface area contributed by atoms with E-state index in [0.717, 1.165) is 38.5 Å². The Morgan fingerprint density at radius 3 is 1.69 bits per heavy atom. The van der Waals surface area contributed by atoms with Gasteiger partial charge in [-0.05, 0) is 44.9 Å². The highest BCUT2D eigenvalue weighted by atomic mass is 31.2. The van der Waals surface area contributed by atoms with Crippen molar-refractivity contribution in [2.24, 2.45) is 0 Å². The van der Waals surface area contributed by atoms with E-state index in [-0.39, 0.29) is 19.6 Å². The molecule has 9 heteroatoms. The zero-order valence-corrected chi connectivity index (χ0v) is 25.2. The standard InChI is InChI=1S/C30H50NO7P/c1-5-6-7-8-9-10-11-12-13-14-15-16-17-18-19-20-21-22-23-24-30(33)36-27-29(32)28-38-39(34,35)37-26-25-31(2,3)4/h6-7,9-10,12-13,15-16,18-19,21-22,29,32H,5,8,11,14,17,20,23-28H2,1-4H3/p+1/b7-6+,10-9+,13-12+,16-15+,19-18+,22-21+/t29-/m1/s1. The molecule has 0 aliphatic carbocycles. The average Bonchev–Trinajstić information content (AvgIpc) is 2.86. The van der Waals surface area contributed by atoms with Crippen LogP contribution in [0, 0.1) is 0 Å². The third-order valence-corrected chi connectivity index (χ3v) is 5.98. The molecule has 0 spiro atoms. The van der Waals surface area contributed by atoms with Crippen molar-refractivity contribution in [2.45, 2.75) is 64.4 Å². The number of carbonyl (C=O) groups excluding carboxylic acids is 1. The highest BCUT2D eigenvalue weighted by molar-refractivity contribution is 7.47. The number of likely N-dealkylation sites (N-methyl/N-ethyl adjacent to an activating group) is 1. The van der Waals surface area contributed by atoms with Gasteiger partial charge in [-0.25, -0.2) is 4.57 Å². The number of aliphatic hydroxyl groups excluding tert-OH is 1. The summed E-state index contributed by atoms with van der Waals surface area (Å²) in [6, 6.07) is 0. The largest absolute Gasteiger partial charge is 0.472 e. The lowest BCUT2D eigenvalue weighted by molar-refractivity contribution is -0.870. The molecule has 0 fully saturated rings. The number of nitrogens with zero attached hydrogens (tertiary/aromatic N) is 1. The SMILES string of the molecule is CC/C=C/C/C=C/C/C=C/C/C=C/C/C=C/C/C=C/CCC(=O)OC[C@@H](O)COP(=O)(O)OCC[N+](C)(C)C. The van der Waals surface area contributed by atoms with E-state index in [2.05, 4.69) is 67.7 Å². The molecule has 2 atom stereocenters. The lowest BCUT2D eigenvalue weighted by Crippen LogP contribution is -2.37. The highest BCUT2D eigenvalue weighted by Gasteiger charge is 2.24. The predicted molar refractivity (Wildman–Crippen MR) is 159 cm³/mol. The number of esters is 1. The lowest BCUT2D eigenvalue weighted by Gasteiger charge is -2.24. The van der Waals surface area contributed by atoms with Gasteiger partial charge in [-0.3, -0.25) is 13.8 Å². The van der Waals surface area contributed by atoms with Gasteiger partial charge in [-0.1, -0.05) is 79.8 Å². The summed E-state index contributed by atoms with van der Waals surface area (Å²) in [5.74, 6) is -0.458. The first kappa shape index (κ1) is 36.9. The highest BCUT2D eigenvalue weighted by Crippen LogP contribution is 2.43. The molecule has 1 unspecified atom stereocenters. The predicted octanol–water partition coefficient (Wildman–Crippen LogP) is 6.21. The molecule has 0 rings (SSSR count). The summed E-state index contributed by atoms with van der Waals surface area (Å²) in [5, 5.41) is 9.82. The van der Waals surface area contributed by atoms with Crippen LogP contribution in [0.5, 0.6) is 0 Å². The maximum Gasteiger partial charge on any atom is 0.472 e. The monoisotopic (exact) mass is 568 g/mol. The Balaban J connectivity index is 3.80. The molecule has 8 nitrogen and oxygen atoms in total. The maximum atomic E-state index is 11.8. The zero-order valence-electron chi connectivity index (χ0n) is 24.3. The van der Waals surface area contributed by atoms with Gasteiger partial charge >= 0.3 is 13.8 Å². The van der Waals surface area contributed by atoms with E-state index < -0.39 is 26.5 Å². The quantitative estimate of drug-likeness (QED) is 0.0654. The molecule has 0 aliphatic rings. The van der Waals surface area contributed by atoms with Crippen LogP contribution in [0.25, 0.3) is 0 Å². The number of hydrogen-bond donors (Lipinski definition) is 2. The van der Waals surface area contributed by atoms with Crippen LogP contribution in [0.4, 0.5) is 0 Å². The van der Waals surface area contributed by atoms with Crippen molar-refractivity contribution >= 4 is 13.8 Å². The Kier molecular flexibility index (Phi) is 22.5. The number of allylic oxidation sites excluding steroid dienone is 12. The number of ether oxygens (including phenoxy) is 1. The van der Waals surface area contributed by atoms with Crippen molar-refractivity contribution < 1.29 is 37.6 Å². The molecule has 0 aromatic rings. The first-order chi connectivity index (χ1) is 18.6. The van der Waals surface area contributed by atoms with Crippen molar-refractivity contribution in [2.75, 3.05) is 47.5 Å². The van der Waals surface area contributed by atoms with Gasteiger partial charge in [-0.15, -0.1) is 0 Å². The fraction of sp³-hybridized carbons (Fsp3) is 0.567. The number of quaternary nitrogens is 1. The molecular formula is C30H51NO7P+. The number of rotatable bonds is 23. The van der Waals surface area contributed by atoms with Gasteiger partial charge < -0.3 is 19.2 Å². The van der Waals surface area contributed by atoms with Gasteiger partial charge in [-0.2, -0.15) is 0 Å². The molecule has 0 aromatic carbocycles. The zero-order chi connectivity index (χ0) is 29.2. The van der Waals surface area contributed by atoms with Crippen LogP contribution in [0.15, 0.2) is 72.9 Å². The molecule has 0 heterocycles. The molecule has 0 radical (unpaired) electrons. The fourth-order valence-electron chi connectivity index (χ4n) is 2.80. The van der Waals surface area contributed by atoms with E-state index in [1.54, 1.807) is 0 Å². The minimum absolute atomic E-state index is 0.0386. The first-order valence-electron chi connectivity index (χ1n) is 13.7. The Morgan fingerprint density at radius 1 is 0.769 bits per heavy atom. The van der Waals surface area contributed by atoms with Crippen LogP contribution >= 0.6 is 7.82 Å². The Labute approximate surface area is 236 Å². The fourth-order valence-corrected chi connectivity index (χ4v) is 3.55. The third kappa shape index (κ3) is 28.8. The van der Waals surface area contributed by atoms with Gasteiger partial charge in [0.2, 0.25) is 0 Å². The summed E-state index contributed by atoms with van der Waals surface area (Å²) < 4.78 is 27.0. The molecule has 222 valence electrons. The second-order valence-electron chi connectivity index (χ2n) is 9.90. The Bertz CT molecular complexity index is 854. The number of aliphatic hydroxyl groups is 1. The van der Waals surface area contributed by atoms with Crippen LogP contribution in [-0.4, -0.2) is 74.1 Å². The average molecular weight is 569 g/mol. The minimum Gasteiger partial charge on any atom is -0.463 e. The van der Waals surface area contributed by atoms with Crippen molar-refractivity contribution in [3.05, 3.63) is 72.9 Å². The van der Waals surface area contributed by atoms with Gasteiger partial charge in [0, 0.05) is 6.42 Å². The van der Waals surface area contributed by atoms with Gasteiger partial charge in [0.15, 0.2) is 0 Å². The topological polar surface area (TPSA) is 102 Å². The van der Waals surface area contributed by atoms with E-state index in [9.17, 15) is 19.4 Å². The maximum absolute atomic E-state index is 11.8. The number of phosphoric ester groups is 1. The molecule has 0 bridgehead atoms. The molecular weight excluding hydrogens is 517 g/mol. The summed E-state index contributed by atoms with van der Waals surface area (Å²) >= 11 is 0. The van der Waals surface area contributed by atoms with Crippen molar-refractivity contribution in [1.29, 1.82) is 0 Å². The van der Waals surface area contributed by atoms with E-state index in [0.29, 0.717) is 17.4 Å². The summed E-state index contributed by atoms with van der Waals surface area (Å²) in [6.07, 6.45) is 30.6. The first-order valence-corrected chi connectivity index (χ1v) is 15.2. The van der Waals surface area contributed by atoms with Crippen LogP contribution < -0.4 is 0 Å². The molecule has 0 amide bonds. The third-order valence-electron chi connectivity index (χ3n) is 4.99. The molecule has 0 saturated carbocycles. The Hall–Kier alpha value is -2.06. The molecule has 39 heavy (non-hydrogen) atoms. The Morgan fingerprint density at radius 2 is 1.23 bits per heavy atom. The van der Waals surface area contributed by atoms with Crippen LogP contribution in [0.2, 0.25) is 0 Å². The number of hydrogen-bond acceptors (Lipinski definition) is 6. The molecule has 0 saturated heterocycles. The van der Waals surface area contributed by atoms with Crippen LogP contribution in [0.3, 0.4) is 0 Å². The minimum atomic E-state index is -4.26. The number of carbonyl (C=O) groups is 1. The van der Waals surface area contributed by atoms with Crippen LogP contribution in [-0.2, 0) is 23.1 Å². The van der Waals surface area contributed by atoms with Gasteiger partial charge in [0.25, 0.3) is 0 Å². The van der Waals surface area contributed by atoms with Gasteiger partial charge in [0.1, 0.15) is 25.9 Å². The normalized spacial score (nSPS) is 15.5. The molecule has 0 aliphatic heterocycles. The summed E-state index contributed by atoms with van der Waals surface area (Å²) in [6.45, 7) is 1.90. The summed E-state index contributed by atoms with van der Waals surface area (Å²) in [7, 11) is 1.51. The molecule has 0 aromatic heterocycles. The van der Waals surface area contributed by atoms with Crippen molar-refractivity contribution in [3.63, 3.8) is 0 Å². The summed E-state index contributed by atoms with van der Waals surface area (Å²) in [4.78, 5) is 21.4. The van der Waals surface area contributed by atoms with E-state index in [1.165, 1.54) is 0 Å². The van der Waals surface area contributed by atoms with Gasteiger partial charge in [0.05, 0.1) is 27.7 Å². The second-order valence-corrected chi connectivity index (χ2v) is 11.4. The number of phosphoric acid groups is 1. The van der Waals surface area contributed by atoms with E-state index in [4.69, 9.17) is 13.8 Å².